The molecule has 1 N–H and O–H groups in total. The van der Waals surface area contributed by atoms with Crippen LogP contribution < -0.4 is 4.90 Å². The van der Waals surface area contributed by atoms with Gasteiger partial charge >= 0.3 is 5.97 Å². The fourth-order valence-electron chi connectivity index (χ4n) is 6.47. The van der Waals surface area contributed by atoms with E-state index >= 15 is 0 Å². The van der Waals surface area contributed by atoms with Crippen LogP contribution in [0.4, 0.5) is 5.69 Å². The van der Waals surface area contributed by atoms with Crippen molar-refractivity contribution in [2.24, 2.45) is 5.92 Å². The molecule has 0 bridgehead atoms. The Morgan fingerprint density at radius 3 is 2.74 bits per heavy atom. The number of nitrogens with zero attached hydrogens (tertiary/aromatic N) is 3. The summed E-state index contributed by atoms with van der Waals surface area (Å²) in [4.78, 5) is 25.1. The standard InChI is InChI=1S/C29H34N4O2/c1-32-18-24-27-23(22-5-3-4-6-25(22)32)11-14-30-29(27)31-28(24)20-12-15-33(16-13-20)21-9-7-19(8-10-21)17-26(34)35-2/h3-6,11-12,14,19,21H,7-10,13,15-18H2,1-2H3,(H,30,31). The fourth-order valence-corrected chi connectivity index (χ4v) is 6.47. The fraction of sp³-hybridized carbons (Fsp3) is 0.448. The first-order valence-electron chi connectivity index (χ1n) is 12.9. The van der Waals surface area contributed by atoms with Crippen LogP contribution in [0.15, 0.2) is 42.6 Å². The number of para-hydroxylation sites is 1. The third-order valence-corrected chi connectivity index (χ3v) is 8.38. The number of carbonyl (C=O) groups is 1. The van der Waals surface area contributed by atoms with E-state index in [-0.39, 0.29) is 5.97 Å². The quantitative estimate of drug-likeness (QED) is 0.518. The Labute approximate surface area is 207 Å². The van der Waals surface area contributed by atoms with E-state index in [2.05, 4.69) is 58.2 Å². The van der Waals surface area contributed by atoms with Gasteiger partial charge in [0.25, 0.3) is 0 Å². The summed E-state index contributed by atoms with van der Waals surface area (Å²) >= 11 is 0. The molecule has 0 atom stereocenters. The Bertz CT molecular complexity index is 1290. The molecular formula is C29H34N4O2. The molecule has 3 aliphatic rings. The summed E-state index contributed by atoms with van der Waals surface area (Å²) in [5, 5.41) is 1.27. The lowest BCUT2D eigenvalue weighted by atomic mass is 9.83. The highest BCUT2D eigenvalue weighted by molar-refractivity contribution is 6.02. The number of benzene rings is 1. The molecule has 0 unspecified atom stereocenters. The van der Waals surface area contributed by atoms with Crippen LogP contribution in [0.25, 0.3) is 27.7 Å². The van der Waals surface area contributed by atoms with Crippen LogP contribution in [0, 0.1) is 5.92 Å². The second-order valence-corrected chi connectivity index (χ2v) is 10.4. The van der Waals surface area contributed by atoms with Crippen molar-refractivity contribution in [3.05, 3.63) is 53.9 Å². The van der Waals surface area contributed by atoms with Gasteiger partial charge in [0.05, 0.1) is 7.11 Å². The average Bonchev–Trinajstić information content (AvgIpc) is 3.21. The SMILES string of the molecule is COC(=O)CC1CCC(N2CC=C(c3[nH]c4nccc5c4c3CN(C)c3ccccc3-5)CC2)CC1. The molecule has 6 rings (SSSR count). The average molecular weight is 471 g/mol. The molecule has 4 heterocycles. The Morgan fingerprint density at radius 2 is 1.97 bits per heavy atom. The Morgan fingerprint density at radius 1 is 1.14 bits per heavy atom. The molecule has 1 aromatic carbocycles. The first-order chi connectivity index (χ1) is 17.1. The number of aromatic nitrogens is 2. The van der Waals surface area contributed by atoms with Crippen molar-refractivity contribution >= 4 is 28.3 Å². The van der Waals surface area contributed by atoms with E-state index in [9.17, 15) is 4.79 Å². The second kappa shape index (κ2) is 9.15. The number of carbonyl (C=O) groups excluding carboxylic acids is 1. The number of pyridine rings is 1. The first kappa shape index (κ1) is 22.4. The number of rotatable bonds is 4. The lowest BCUT2D eigenvalue weighted by molar-refractivity contribution is -0.142. The molecule has 0 amide bonds. The molecule has 6 heteroatoms. The van der Waals surface area contributed by atoms with Crippen LogP contribution >= 0.6 is 0 Å². The van der Waals surface area contributed by atoms with Crippen molar-refractivity contribution < 1.29 is 9.53 Å². The molecule has 0 radical (unpaired) electrons. The number of aromatic amines is 1. The minimum absolute atomic E-state index is 0.0662. The lowest BCUT2D eigenvalue weighted by Crippen LogP contribution is -2.40. The molecule has 6 nitrogen and oxygen atoms in total. The highest BCUT2D eigenvalue weighted by Gasteiger charge is 2.30. The minimum atomic E-state index is -0.0662. The van der Waals surface area contributed by atoms with E-state index in [1.165, 1.54) is 59.0 Å². The monoisotopic (exact) mass is 470 g/mol. The van der Waals surface area contributed by atoms with Gasteiger partial charge in [0, 0.05) is 73.2 Å². The molecule has 35 heavy (non-hydrogen) atoms. The van der Waals surface area contributed by atoms with E-state index in [0.29, 0.717) is 18.4 Å². The van der Waals surface area contributed by atoms with Gasteiger partial charge in [0.2, 0.25) is 0 Å². The number of hydrogen-bond donors (Lipinski definition) is 1. The smallest absolute Gasteiger partial charge is 0.305 e. The minimum Gasteiger partial charge on any atom is -0.469 e. The normalized spacial score (nSPS) is 22.5. The van der Waals surface area contributed by atoms with Gasteiger partial charge < -0.3 is 14.6 Å². The van der Waals surface area contributed by atoms with Crippen molar-refractivity contribution in [2.75, 3.05) is 32.1 Å². The summed E-state index contributed by atoms with van der Waals surface area (Å²) < 4.78 is 4.87. The van der Waals surface area contributed by atoms with Gasteiger partial charge in [-0.2, -0.15) is 0 Å². The highest BCUT2D eigenvalue weighted by atomic mass is 16.5. The van der Waals surface area contributed by atoms with Crippen molar-refractivity contribution in [2.45, 2.75) is 51.1 Å². The van der Waals surface area contributed by atoms with Crippen LogP contribution in [0.5, 0.6) is 0 Å². The van der Waals surface area contributed by atoms with Crippen LogP contribution in [0.2, 0.25) is 0 Å². The Balaban J connectivity index is 1.23. The Hall–Kier alpha value is -3.12. The topological polar surface area (TPSA) is 61.5 Å². The number of hydrogen-bond acceptors (Lipinski definition) is 5. The summed E-state index contributed by atoms with van der Waals surface area (Å²) in [6.45, 7) is 2.95. The number of esters is 1. The second-order valence-electron chi connectivity index (χ2n) is 10.4. The third kappa shape index (κ3) is 4.04. The molecule has 0 saturated heterocycles. The zero-order valence-electron chi connectivity index (χ0n) is 20.7. The highest BCUT2D eigenvalue weighted by Crippen LogP contribution is 2.43. The molecule has 182 valence electrons. The van der Waals surface area contributed by atoms with E-state index < -0.39 is 0 Å². The van der Waals surface area contributed by atoms with Crippen molar-refractivity contribution in [3.8, 4) is 11.1 Å². The molecule has 3 aromatic rings. The van der Waals surface area contributed by atoms with Crippen molar-refractivity contribution in [3.63, 3.8) is 0 Å². The predicted molar refractivity (Wildman–Crippen MR) is 140 cm³/mol. The number of anilines is 1. The van der Waals surface area contributed by atoms with Crippen LogP contribution in [0.1, 0.15) is 49.8 Å². The maximum atomic E-state index is 11.6. The number of H-pyrrole nitrogens is 1. The molecule has 2 aromatic heterocycles. The zero-order chi connectivity index (χ0) is 23.9. The third-order valence-electron chi connectivity index (χ3n) is 8.38. The summed E-state index contributed by atoms with van der Waals surface area (Å²) in [7, 11) is 3.68. The summed E-state index contributed by atoms with van der Waals surface area (Å²) in [6.07, 6.45) is 10.6. The van der Waals surface area contributed by atoms with Gasteiger partial charge in [-0.1, -0.05) is 24.3 Å². The van der Waals surface area contributed by atoms with Crippen LogP contribution in [-0.4, -0.2) is 54.1 Å². The van der Waals surface area contributed by atoms with Gasteiger partial charge in [-0.3, -0.25) is 9.69 Å². The maximum absolute atomic E-state index is 11.6. The van der Waals surface area contributed by atoms with Gasteiger partial charge in [-0.05, 0) is 61.3 Å². The van der Waals surface area contributed by atoms with Crippen molar-refractivity contribution in [1.82, 2.24) is 14.9 Å². The summed E-state index contributed by atoms with van der Waals surface area (Å²) in [5.41, 5.74) is 8.86. The number of methoxy groups -OCH3 is 1. The van der Waals surface area contributed by atoms with Gasteiger partial charge in [-0.25, -0.2) is 4.98 Å². The van der Waals surface area contributed by atoms with E-state index in [0.717, 1.165) is 44.5 Å². The van der Waals surface area contributed by atoms with Gasteiger partial charge in [0.15, 0.2) is 0 Å². The van der Waals surface area contributed by atoms with Gasteiger partial charge in [0.1, 0.15) is 5.65 Å². The predicted octanol–water partition coefficient (Wildman–Crippen LogP) is 5.39. The number of fused-ring (bicyclic) bond motifs is 2. The molecule has 1 fully saturated rings. The Kier molecular flexibility index (Phi) is 5.85. The largest absolute Gasteiger partial charge is 0.469 e. The van der Waals surface area contributed by atoms with Crippen LogP contribution in [-0.2, 0) is 16.1 Å². The molecular weight excluding hydrogens is 436 g/mol. The number of ether oxygens (including phenoxy) is 1. The van der Waals surface area contributed by atoms with Crippen LogP contribution in [0.3, 0.4) is 0 Å². The van der Waals surface area contributed by atoms with E-state index in [1.54, 1.807) is 0 Å². The van der Waals surface area contributed by atoms with E-state index in [4.69, 9.17) is 9.72 Å². The summed E-state index contributed by atoms with van der Waals surface area (Å²) in [5.74, 6) is 0.421. The summed E-state index contributed by atoms with van der Waals surface area (Å²) in [6, 6.07) is 11.5. The molecule has 2 aliphatic heterocycles. The first-order valence-corrected chi connectivity index (χ1v) is 12.9. The maximum Gasteiger partial charge on any atom is 0.305 e. The number of nitrogens with one attached hydrogen (secondary N) is 1. The van der Waals surface area contributed by atoms with Gasteiger partial charge in [-0.15, -0.1) is 0 Å². The van der Waals surface area contributed by atoms with E-state index in [1.807, 2.05) is 6.20 Å². The molecule has 0 spiro atoms. The molecule has 1 saturated carbocycles. The van der Waals surface area contributed by atoms with Crippen molar-refractivity contribution in [1.29, 1.82) is 0 Å². The zero-order valence-corrected chi connectivity index (χ0v) is 20.7. The molecule has 1 aliphatic carbocycles. The lowest BCUT2D eigenvalue weighted by Gasteiger charge is -2.38.